The molecule has 0 saturated carbocycles. The lowest BCUT2D eigenvalue weighted by molar-refractivity contribution is 0.173. The molecule has 6 heteroatoms. The van der Waals surface area contributed by atoms with Crippen molar-refractivity contribution in [3.05, 3.63) is 28.5 Å². The third-order valence-corrected chi connectivity index (χ3v) is 2.61. The quantitative estimate of drug-likeness (QED) is 0.898. The Morgan fingerprint density at radius 3 is 2.88 bits per heavy atom. The van der Waals surface area contributed by atoms with Crippen molar-refractivity contribution in [1.82, 2.24) is 5.32 Å². The van der Waals surface area contributed by atoms with Gasteiger partial charge in [0.2, 0.25) is 0 Å². The SMILES string of the molecule is COC[C@H](C)NC(=O)Nc1ccc(Br)c(F)c1. The monoisotopic (exact) mass is 304 g/mol. The Morgan fingerprint density at radius 2 is 2.29 bits per heavy atom. The summed E-state index contributed by atoms with van der Waals surface area (Å²) < 4.78 is 18.4. The summed E-state index contributed by atoms with van der Waals surface area (Å²) >= 11 is 3.04. The van der Waals surface area contributed by atoms with Gasteiger partial charge < -0.3 is 15.4 Å². The lowest BCUT2D eigenvalue weighted by Crippen LogP contribution is -2.38. The Bertz CT molecular complexity index is 401. The number of carbonyl (C=O) groups excluding carboxylic acids is 1. The first-order chi connectivity index (χ1) is 8.02. The van der Waals surface area contributed by atoms with E-state index in [4.69, 9.17) is 4.74 Å². The molecule has 1 aromatic carbocycles. The van der Waals surface area contributed by atoms with Gasteiger partial charge in [-0.05, 0) is 41.1 Å². The molecule has 0 aromatic heterocycles. The third-order valence-electron chi connectivity index (χ3n) is 1.97. The average molecular weight is 305 g/mol. The highest BCUT2D eigenvalue weighted by Crippen LogP contribution is 2.19. The molecule has 1 rings (SSSR count). The molecule has 1 aromatic rings. The summed E-state index contributed by atoms with van der Waals surface area (Å²) in [6.07, 6.45) is 0. The van der Waals surface area contributed by atoms with Crippen LogP contribution in [0.1, 0.15) is 6.92 Å². The van der Waals surface area contributed by atoms with Crippen molar-refractivity contribution in [2.24, 2.45) is 0 Å². The van der Waals surface area contributed by atoms with Gasteiger partial charge >= 0.3 is 6.03 Å². The molecule has 2 amide bonds. The molecule has 1 atom stereocenters. The van der Waals surface area contributed by atoms with Gasteiger partial charge in [0.05, 0.1) is 17.1 Å². The van der Waals surface area contributed by atoms with E-state index < -0.39 is 11.8 Å². The summed E-state index contributed by atoms with van der Waals surface area (Å²) in [6.45, 7) is 2.23. The van der Waals surface area contributed by atoms with Gasteiger partial charge in [0.25, 0.3) is 0 Å². The number of benzene rings is 1. The Morgan fingerprint density at radius 1 is 1.59 bits per heavy atom. The van der Waals surface area contributed by atoms with Crippen LogP contribution in [0.15, 0.2) is 22.7 Å². The summed E-state index contributed by atoms with van der Waals surface area (Å²) in [5.41, 5.74) is 0.396. The molecule has 0 aliphatic carbocycles. The van der Waals surface area contributed by atoms with Crippen molar-refractivity contribution in [2.45, 2.75) is 13.0 Å². The fraction of sp³-hybridized carbons (Fsp3) is 0.364. The Hall–Kier alpha value is -1.14. The highest BCUT2D eigenvalue weighted by Gasteiger charge is 2.08. The van der Waals surface area contributed by atoms with Crippen LogP contribution < -0.4 is 10.6 Å². The van der Waals surface area contributed by atoms with Crippen molar-refractivity contribution in [1.29, 1.82) is 0 Å². The lowest BCUT2D eigenvalue weighted by Gasteiger charge is -2.13. The minimum absolute atomic E-state index is 0.111. The van der Waals surface area contributed by atoms with E-state index in [1.807, 2.05) is 6.92 Å². The van der Waals surface area contributed by atoms with Crippen molar-refractivity contribution in [3.8, 4) is 0 Å². The molecule has 0 bridgehead atoms. The summed E-state index contributed by atoms with van der Waals surface area (Å²) in [5, 5.41) is 5.19. The Kier molecular flexibility index (Phi) is 5.37. The molecule has 2 N–H and O–H groups in total. The van der Waals surface area contributed by atoms with Gasteiger partial charge in [-0.15, -0.1) is 0 Å². The van der Waals surface area contributed by atoms with Crippen molar-refractivity contribution in [3.63, 3.8) is 0 Å². The van der Waals surface area contributed by atoms with E-state index in [-0.39, 0.29) is 6.04 Å². The van der Waals surface area contributed by atoms with Crippen molar-refractivity contribution >= 4 is 27.6 Å². The van der Waals surface area contributed by atoms with E-state index >= 15 is 0 Å². The summed E-state index contributed by atoms with van der Waals surface area (Å²) in [4.78, 5) is 11.5. The predicted octanol–water partition coefficient (Wildman–Crippen LogP) is 2.74. The molecule has 17 heavy (non-hydrogen) atoms. The maximum absolute atomic E-state index is 13.2. The number of rotatable bonds is 4. The molecule has 0 saturated heterocycles. The maximum atomic E-state index is 13.2. The largest absolute Gasteiger partial charge is 0.383 e. The maximum Gasteiger partial charge on any atom is 0.319 e. The summed E-state index contributed by atoms with van der Waals surface area (Å²) in [7, 11) is 1.56. The molecule has 0 heterocycles. The highest BCUT2D eigenvalue weighted by atomic mass is 79.9. The molecule has 0 aliphatic heterocycles. The van der Waals surface area contributed by atoms with Crippen LogP contribution in [0.2, 0.25) is 0 Å². The second kappa shape index (κ2) is 6.56. The van der Waals surface area contributed by atoms with Gasteiger partial charge in [0.15, 0.2) is 0 Å². The van der Waals surface area contributed by atoms with E-state index in [0.717, 1.165) is 0 Å². The number of methoxy groups -OCH3 is 1. The number of hydrogen-bond donors (Lipinski definition) is 2. The molecule has 4 nitrogen and oxygen atoms in total. The van der Waals surface area contributed by atoms with Gasteiger partial charge in [0.1, 0.15) is 5.82 Å². The fourth-order valence-corrected chi connectivity index (χ4v) is 1.50. The molecule has 94 valence electrons. The number of carbonyl (C=O) groups is 1. The molecular weight excluding hydrogens is 291 g/mol. The topological polar surface area (TPSA) is 50.4 Å². The van der Waals surface area contributed by atoms with Crippen molar-refractivity contribution in [2.75, 3.05) is 19.0 Å². The molecular formula is C11H14BrFN2O2. The first kappa shape index (κ1) is 13.9. The minimum Gasteiger partial charge on any atom is -0.383 e. The van der Waals surface area contributed by atoms with Crippen LogP contribution in [0.4, 0.5) is 14.9 Å². The fourth-order valence-electron chi connectivity index (χ4n) is 1.26. The van der Waals surface area contributed by atoms with Crippen LogP contribution in [-0.2, 0) is 4.74 Å². The number of ether oxygens (including phenoxy) is 1. The van der Waals surface area contributed by atoms with Crippen molar-refractivity contribution < 1.29 is 13.9 Å². The first-order valence-electron chi connectivity index (χ1n) is 5.04. The van der Waals surface area contributed by atoms with Crippen LogP contribution in [0, 0.1) is 5.82 Å². The predicted molar refractivity (Wildman–Crippen MR) is 67.6 cm³/mol. The molecule has 0 radical (unpaired) electrons. The number of urea groups is 1. The highest BCUT2D eigenvalue weighted by molar-refractivity contribution is 9.10. The number of nitrogens with one attached hydrogen (secondary N) is 2. The number of anilines is 1. The lowest BCUT2D eigenvalue weighted by atomic mass is 10.3. The summed E-state index contributed by atoms with van der Waals surface area (Å²) in [5.74, 6) is -0.423. The number of amides is 2. The third kappa shape index (κ3) is 4.70. The zero-order valence-electron chi connectivity index (χ0n) is 9.59. The second-order valence-electron chi connectivity index (χ2n) is 3.58. The van der Waals surface area contributed by atoms with E-state index in [0.29, 0.717) is 16.8 Å². The molecule has 0 fully saturated rings. The standard InChI is InChI=1S/C11H14BrFN2O2/c1-7(6-17-2)14-11(16)15-8-3-4-9(12)10(13)5-8/h3-5,7H,6H2,1-2H3,(H2,14,15,16)/t7-/m0/s1. The normalized spacial score (nSPS) is 12.0. The molecule has 0 aliphatic rings. The van der Waals surface area contributed by atoms with Gasteiger partial charge in [-0.3, -0.25) is 0 Å². The number of halogens is 2. The zero-order valence-corrected chi connectivity index (χ0v) is 11.2. The first-order valence-corrected chi connectivity index (χ1v) is 5.83. The van der Waals surface area contributed by atoms with E-state index in [9.17, 15) is 9.18 Å². The number of hydrogen-bond acceptors (Lipinski definition) is 2. The van der Waals surface area contributed by atoms with Crippen LogP contribution in [0.5, 0.6) is 0 Å². The second-order valence-corrected chi connectivity index (χ2v) is 4.44. The molecule has 0 unspecified atom stereocenters. The smallest absolute Gasteiger partial charge is 0.319 e. The Labute approximate surface area is 108 Å². The van der Waals surface area contributed by atoms with Crippen LogP contribution in [-0.4, -0.2) is 25.8 Å². The Balaban J connectivity index is 2.53. The van der Waals surface area contributed by atoms with E-state index in [1.54, 1.807) is 13.2 Å². The minimum atomic E-state index is -0.423. The van der Waals surface area contributed by atoms with Crippen LogP contribution >= 0.6 is 15.9 Å². The van der Waals surface area contributed by atoms with Gasteiger partial charge in [-0.1, -0.05) is 0 Å². The average Bonchev–Trinajstić information content (AvgIpc) is 2.23. The zero-order chi connectivity index (χ0) is 12.8. The summed E-state index contributed by atoms with van der Waals surface area (Å²) in [6, 6.07) is 3.87. The van der Waals surface area contributed by atoms with Gasteiger partial charge in [-0.2, -0.15) is 0 Å². The van der Waals surface area contributed by atoms with Crippen LogP contribution in [0.3, 0.4) is 0 Å². The van der Waals surface area contributed by atoms with Gasteiger partial charge in [-0.25, -0.2) is 9.18 Å². The van der Waals surface area contributed by atoms with Gasteiger partial charge in [0, 0.05) is 12.8 Å². The van der Waals surface area contributed by atoms with Crippen LogP contribution in [0.25, 0.3) is 0 Å². The van der Waals surface area contributed by atoms with E-state index in [1.165, 1.54) is 12.1 Å². The van der Waals surface area contributed by atoms with E-state index in [2.05, 4.69) is 26.6 Å². The molecule has 0 spiro atoms.